The van der Waals surface area contributed by atoms with E-state index in [-0.39, 0.29) is 6.42 Å². The standard InChI is InChI=1S/C18H23N3O6/c1-4-7-12-19-9-11(21-12)18(5-2,6-3)8-13(22)27-17(25)15-14(16(23)24)20-10-26-15/h9-10H,4-8H2,1-3H3,(H,19,21)(H,23,24). The number of nitrogens with zero attached hydrogens (tertiary/aromatic N) is 2. The van der Waals surface area contributed by atoms with Gasteiger partial charge in [0.25, 0.3) is 0 Å². The Bertz CT molecular complexity index is 819. The van der Waals surface area contributed by atoms with Gasteiger partial charge in [-0.1, -0.05) is 20.8 Å². The highest BCUT2D eigenvalue weighted by atomic mass is 16.6. The fourth-order valence-corrected chi connectivity index (χ4v) is 2.98. The number of carboxylic acid groups (broad SMARTS) is 1. The average molecular weight is 377 g/mol. The van der Waals surface area contributed by atoms with Gasteiger partial charge in [-0.3, -0.25) is 4.79 Å². The number of aromatic carboxylic acids is 1. The molecule has 0 fully saturated rings. The summed E-state index contributed by atoms with van der Waals surface area (Å²) in [5, 5.41) is 8.97. The number of rotatable bonds is 9. The molecule has 2 aromatic heterocycles. The molecule has 0 spiro atoms. The van der Waals surface area contributed by atoms with E-state index >= 15 is 0 Å². The second-order valence-corrected chi connectivity index (χ2v) is 6.25. The molecule has 27 heavy (non-hydrogen) atoms. The first-order valence-electron chi connectivity index (χ1n) is 8.83. The van der Waals surface area contributed by atoms with E-state index in [1.165, 1.54) is 0 Å². The zero-order chi connectivity index (χ0) is 20.0. The summed E-state index contributed by atoms with van der Waals surface area (Å²) in [6, 6.07) is 0. The van der Waals surface area contributed by atoms with Crippen LogP contribution in [0.15, 0.2) is 17.0 Å². The smallest absolute Gasteiger partial charge is 0.384 e. The van der Waals surface area contributed by atoms with Crippen molar-refractivity contribution in [3.63, 3.8) is 0 Å². The first kappa shape index (κ1) is 20.3. The fraction of sp³-hybridized carbons (Fsp3) is 0.500. The quantitative estimate of drug-likeness (QED) is 0.503. The van der Waals surface area contributed by atoms with Crippen molar-refractivity contribution in [3.05, 3.63) is 35.6 Å². The number of hydrogen-bond acceptors (Lipinski definition) is 7. The molecule has 0 saturated carbocycles. The van der Waals surface area contributed by atoms with Crippen molar-refractivity contribution in [1.82, 2.24) is 15.0 Å². The van der Waals surface area contributed by atoms with Crippen molar-refractivity contribution >= 4 is 17.9 Å². The summed E-state index contributed by atoms with van der Waals surface area (Å²) in [5.74, 6) is -3.16. The van der Waals surface area contributed by atoms with Gasteiger partial charge in [0.2, 0.25) is 11.5 Å². The van der Waals surface area contributed by atoms with Crippen LogP contribution in [0.2, 0.25) is 0 Å². The highest BCUT2D eigenvalue weighted by Gasteiger charge is 2.35. The minimum atomic E-state index is -1.44. The first-order chi connectivity index (χ1) is 12.9. The van der Waals surface area contributed by atoms with E-state index in [9.17, 15) is 14.4 Å². The summed E-state index contributed by atoms with van der Waals surface area (Å²) in [5.41, 5.74) is -0.345. The van der Waals surface area contributed by atoms with Gasteiger partial charge in [-0.25, -0.2) is 19.6 Å². The van der Waals surface area contributed by atoms with Gasteiger partial charge >= 0.3 is 17.9 Å². The van der Waals surface area contributed by atoms with Crippen molar-refractivity contribution in [1.29, 1.82) is 0 Å². The molecule has 0 atom stereocenters. The molecule has 0 amide bonds. The lowest BCUT2D eigenvalue weighted by Crippen LogP contribution is -2.30. The number of ether oxygens (including phenoxy) is 1. The average Bonchev–Trinajstić information content (AvgIpc) is 3.29. The fourth-order valence-electron chi connectivity index (χ4n) is 2.98. The number of H-pyrrole nitrogens is 1. The van der Waals surface area contributed by atoms with Gasteiger partial charge in [0.15, 0.2) is 6.39 Å². The lowest BCUT2D eigenvalue weighted by Gasteiger charge is -2.29. The Morgan fingerprint density at radius 3 is 2.52 bits per heavy atom. The zero-order valence-corrected chi connectivity index (χ0v) is 15.6. The lowest BCUT2D eigenvalue weighted by atomic mass is 9.76. The summed E-state index contributed by atoms with van der Waals surface area (Å²) in [7, 11) is 0. The number of carboxylic acids is 1. The molecule has 2 N–H and O–H groups in total. The third-order valence-electron chi connectivity index (χ3n) is 4.68. The van der Waals surface area contributed by atoms with Gasteiger partial charge in [0.1, 0.15) is 5.82 Å². The number of aryl methyl sites for hydroxylation is 1. The Morgan fingerprint density at radius 2 is 1.93 bits per heavy atom. The largest absolute Gasteiger partial charge is 0.476 e. The normalized spacial score (nSPS) is 11.4. The maximum atomic E-state index is 12.4. The number of nitrogens with one attached hydrogen (secondary N) is 1. The van der Waals surface area contributed by atoms with Crippen LogP contribution in [-0.4, -0.2) is 38.0 Å². The second-order valence-electron chi connectivity index (χ2n) is 6.25. The van der Waals surface area contributed by atoms with Crippen LogP contribution in [0.5, 0.6) is 0 Å². The molecule has 0 aliphatic rings. The Labute approximate surface area is 156 Å². The van der Waals surface area contributed by atoms with E-state index in [1.807, 2.05) is 20.8 Å². The van der Waals surface area contributed by atoms with Crippen LogP contribution in [0.4, 0.5) is 0 Å². The minimum absolute atomic E-state index is 0.0595. The maximum Gasteiger partial charge on any atom is 0.384 e. The monoisotopic (exact) mass is 377 g/mol. The van der Waals surface area contributed by atoms with E-state index in [0.29, 0.717) is 12.8 Å². The van der Waals surface area contributed by atoms with E-state index < -0.39 is 34.8 Å². The zero-order valence-electron chi connectivity index (χ0n) is 15.6. The molecule has 2 rings (SSSR count). The molecule has 0 aliphatic heterocycles. The highest BCUT2D eigenvalue weighted by Crippen LogP contribution is 2.34. The predicted molar refractivity (Wildman–Crippen MR) is 93.3 cm³/mol. The topological polar surface area (TPSA) is 135 Å². The van der Waals surface area contributed by atoms with Gasteiger partial charge in [-0.05, 0) is 19.3 Å². The number of carbonyl (C=O) groups excluding carboxylic acids is 2. The Morgan fingerprint density at radius 1 is 1.22 bits per heavy atom. The third kappa shape index (κ3) is 4.42. The molecular formula is C18H23N3O6. The predicted octanol–water partition coefficient (Wildman–Crippen LogP) is 2.88. The van der Waals surface area contributed by atoms with E-state index in [1.54, 1.807) is 6.20 Å². The molecule has 9 heteroatoms. The summed E-state index contributed by atoms with van der Waals surface area (Å²) >= 11 is 0. The molecule has 2 heterocycles. The Balaban J connectivity index is 2.15. The molecule has 0 saturated heterocycles. The molecule has 0 aromatic carbocycles. The molecule has 9 nitrogen and oxygen atoms in total. The number of esters is 2. The lowest BCUT2D eigenvalue weighted by molar-refractivity contribution is -0.139. The van der Waals surface area contributed by atoms with Gasteiger partial charge < -0.3 is 19.2 Å². The first-order valence-corrected chi connectivity index (χ1v) is 8.83. The van der Waals surface area contributed by atoms with Crippen LogP contribution in [-0.2, 0) is 21.4 Å². The maximum absolute atomic E-state index is 12.4. The van der Waals surface area contributed by atoms with Crippen LogP contribution in [0, 0.1) is 0 Å². The third-order valence-corrected chi connectivity index (χ3v) is 4.68. The highest BCUT2D eigenvalue weighted by molar-refractivity contribution is 6.02. The molecule has 0 radical (unpaired) electrons. The summed E-state index contributed by atoms with van der Waals surface area (Å²) in [6.07, 6.45) is 5.47. The number of imidazole rings is 1. The summed E-state index contributed by atoms with van der Waals surface area (Å²) in [6.45, 7) is 5.93. The van der Waals surface area contributed by atoms with Crippen molar-refractivity contribution in [2.45, 2.75) is 58.3 Å². The van der Waals surface area contributed by atoms with Gasteiger partial charge in [0.05, 0.1) is 6.42 Å². The SMILES string of the molecule is CCCc1ncc(C(CC)(CC)CC(=O)OC(=O)c2ocnc2C(=O)O)[nH]1. The van der Waals surface area contributed by atoms with Crippen LogP contribution in [0.1, 0.15) is 79.0 Å². The molecule has 0 unspecified atom stereocenters. The van der Waals surface area contributed by atoms with Crippen LogP contribution in [0.25, 0.3) is 0 Å². The minimum Gasteiger partial charge on any atom is -0.476 e. The number of carbonyl (C=O) groups is 3. The van der Waals surface area contributed by atoms with Gasteiger partial charge in [-0.2, -0.15) is 0 Å². The summed E-state index contributed by atoms with van der Waals surface area (Å²) in [4.78, 5) is 46.5. The Kier molecular flexibility index (Phi) is 6.49. The number of aromatic amines is 1. The molecule has 2 aromatic rings. The van der Waals surface area contributed by atoms with Crippen molar-refractivity contribution in [2.75, 3.05) is 0 Å². The van der Waals surface area contributed by atoms with Crippen molar-refractivity contribution < 1.29 is 28.6 Å². The van der Waals surface area contributed by atoms with Crippen LogP contribution >= 0.6 is 0 Å². The van der Waals surface area contributed by atoms with Gasteiger partial charge in [-0.15, -0.1) is 0 Å². The van der Waals surface area contributed by atoms with Crippen molar-refractivity contribution in [2.24, 2.45) is 0 Å². The van der Waals surface area contributed by atoms with Gasteiger partial charge in [0, 0.05) is 23.7 Å². The second kappa shape index (κ2) is 8.61. The van der Waals surface area contributed by atoms with Crippen LogP contribution < -0.4 is 0 Å². The van der Waals surface area contributed by atoms with E-state index in [4.69, 9.17) is 14.3 Å². The molecule has 146 valence electrons. The van der Waals surface area contributed by atoms with E-state index in [2.05, 4.69) is 15.0 Å². The van der Waals surface area contributed by atoms with E-state index in [0.717, 1.165) is 30.8 Å². The van der Waals surface area contributed by atoms with Crippen LogP contribution in [0.3, 0.4) is 0 Å². The number of hydrogen-bond donors (Lipinski definition) is 2. The molecule has 0 aliphatic carbocycles. The van der Waals surface area contributed by atoms with Crippen molar-refractivity contribution in [3.8, 4) is 0 Å². The molecular weight excluding hydrogens is 354 g/mol. The Hall–Kier alpha value is -2.97. The molecule has 0 bridgehead atoms. The number of aromatic nitrogens is 3. The number of oxazole rings is 1. The summed E-state index contributed by atoms with van der Waals surface area (Å²) < 4.78 is 9.56.